The molecule has 0 saturated heterocycles. The topological polar surface area (TPSA) is 78.9 Å². The maximum absolute atomic E-state index is 12.8. The Morgan fingerprint density at radius 3 is 0.822 bits per heavy atom. The molecule has 0 bridgehead atoms. The van der Waals surface area contributed by atoms with Crippen molar-refractivity contribution < 1.29 is 28.6 Å². The van der Waals surface area contributed by atoms with Gasteiger partial charge in [-0.05, 0) is 77.0 Å². The number of hydrogen-bond acceptors (Lipinski definition) is 6. The summed E-state index contributed by atoms with van der Waals surface area (Å²) < 4.78 is 16.8. The number of rotatable bonds is 59. The van der Waals surface area contributed by atoms with E-state index < -0.39 is 6.10 Å². The van der Waals surface area contributed by atoms with Crippen LogP contribution in [-0.4, -0.2) is 37.2 Å². The number of esters is 3. The van der Waals surface area contributed by atoms with E-state index in [1.54, 1.807) is 0 Å². The molecule has 0 aromatic heterocycles. The molecular weight excluding hydrogens is 901 g/mol. The van der Waals surface area contributed by atoms with Crippen molar-refractivity contribution in [2.24, 2.45) is 0 Å². The molecule has 0 heterocycles. The SMILES string of the molecule is CCCC/C=C\CCCCCCCC(=O)OC(COC(=O)CCCCCCCCCCCCC)COC(=O)CCCCCCCCCCCCCCCCCCCC/C=C\C/C=C\C/C=C\CCCCCCC. The minimum atomic E-state index is -0.772. The molecule has 0 fully saturated rings. The third kappa shape index (κ3) is 60.1. The van der Waals surface area contributed by atoms with Gasteiger partial charge in [0, 0.05) is 19.3 Å². The van der Waals surface area contributed by atoms with Gasteiger partial charge in [-0.3, -0.25) is 14.4 Å². The molecule has 0 amide bonds. The van der Waals surface area contributed by atoms with E-state index in [1.165, 1.54) is 218 Å². The molecule has 1 atom stereocenters. The summed E-state index contributed by atoms with van der Waals surface area (Å²) in [6.07, 6.45) is 77.2. The second kappa shape index (κ2) is 61.9. The molecule has 426 valence electrons. The van der Waals surface area contributed by atoms with Gasteiger partial charge < -0.3 is 14.2 Å². The van der Waals surface area contributed by atoms with Crippen LogP contribution in [-0.2, 0) is 28.6 Å². The average molecular weight is 1020 g/mol. The van der Waals surface area contributed by atoms with Gasteiger partial charge in [0.2, 0.25) is 0 Å². The molecule has 0 radical (unpaired) electrons. The van der Waals surface area contributed by atoms with E-state index in [0.717, 1.165) is 83.5 Å². The van der Waals surface area contributed by atoms with Gasteiger partial charge in [-0.2, -0.15) is 0 Å². The first-order valence-electron chi connectivity index (χ1n) is 32.1. The minimum Gasteiger partial charge on any atom is -0.462 e. The number of ether oxygens (including phenoxy) is 3. The second-order valence-corrected chi connectivity index (χ2v) is 21.7. The third-order valence-electron chi connectivity index (χ3n) is 14.3. The highest BCUT2D eigenvalue weighted by Crippen LogP contribution is 2.17. The number of unbranched alkanes of at least 4 members (excludes halogenated alkanes) is 40. The molecule has 0 aromatic carbocycles. The van der Waals surface area contributed by atoms with E-state index in [9.17, 15) is 14.4 Å². The molecule has 0 aliphatic rings. The molecule has 73 heavy (non-hydrogen) atoms. The van der Waals surface area contributed by atoms with Crippen molar-refractivity contribution in [2.75, 3.05) is 13.2 Å². The van der Waals surface area contributed by atoms with Crippen molar-refractivity contribution in [1.82, 2.24) is 0 Å². The Kier molecular flexibility index (Phi) is 59.7. The zero-order valence-electron chi connectivity index (χ0n) is 48.9. The highest BCUT2D eigenvalue weighted by molar-refractivity contribution is 5.71. The molecule has 0 aromatic rings. The summed E-state index contributed by atoms with van der Waals surface area (Å²) in [5.74, 6) is -0.866. The lowest BCUT2D eigenvalue weighted by Gasteiger charge is -2.18. The first-order chi connectivity index (χ1) is 36.0. The molecule has 0 N–H and O–H groups in total. The zero-order valence-corrected chi connectivity index (χ0v) is 48.9. The van der Waals surface area contributed by atoms with Gasteiger partial charge in [-0.25, -0.2) is 0 Å². The molecule has 0 aliphatic heterocycles. The van der Waals surface area contributed by atoms with Crippen LogP contribution in [0.5, 0.6) is 0 Å². The quantitative estimate of drug-likeness (QED) is 0.0261. The summed E-state index contributed by atoms with van der Waals surface area (Å²) in [7, 11) is 0. The number of allylic oxidation sites excluding steroid dienone is 8. The highest BCUT2D eigenvalue weighted by atomic mass is 16.6. The fraction of sp³-hybridized carbons (Fsp3) is 0.836. The maximum atomic E-state index is 12.8. The fourth-order valence-corrected chi connectivity index (χ4v) is 9.43. The van der Waals surface area contributed by atoms with Crippen LogP contribution in [0.4, 0.5) is 0 Å². The van der Waals surface area contributed by atoms with Crippen LogP contribution in [0.2, 0.25) is 0 Å². The van der Waals surface area contributed by atoms with Crippen LogP contribution in [0.25, 0.3) is 0 Å². The Balaban J connectivity index is 4.01. The van der Waals surface area contributed by atoms with E-state index >= 15 is 0 Å². The van der Waals surface area contributed by atoms with Gasteiger partial charge in [0.15, 0.2) is 6.10 Å². The van der Waals surface area contributed by atoms with Gasteiger partial charge in [-0.15, -0.1) is 0 Å². The van der Waals surface area contributed by atoms with Gasteiger partial charge in [0.25, 0.3) is 0 Å². The molecule has 0 rings (SSSR count). The largest absolute Gasteiger partial charge is 0.462 e. The molecular formula is C67H122O6. The van der Waals surface area contributed by atoms with Gasteiger partial charge in [0.1, 0.15) is 13.2 Å². The van der Waals surface area contributed by atoms with E-state index in [1.807, 2.05) is 0 Å². The Labute approximate surface area is 454 Å². The van der Waals surface area contributed by atoms with Gasteiger partial charge in [-0.1, -0.05) is 294 Å². The van der Waals surface area contributed by atoms with E-state index in [2.05, 4.69) is 69.4 Å². The standard InChI is InChI=1S/C67H122O6/c1-4-7-10-13-16-19-22-23-24-25-26-27-28-29-30-31-32-33-34-35-36-37-38-39-40-41-42-43-46-48-51-54-57-60-66(69)72-63-64(73-67(70)61-58-55-52-49-45-21-18-15-12-9-6-3)62-71-65(68)59-56-53-50-47-44-20-17-14-11-8-5-2/h15,18,22-23,25-26,28-29,64H,4-14,16-17,19-21,24,27,30-63H2,1-3H3/b18-15-,23-22-,26-25-,29-28-. The number of hydrogen-bond donors (Lipinski definition) is 0. The Morgan fingerprint density at radius 1 is 0.274 bits per heavy atom. The third-order valence-corrected chi connectivity index (χ3v) is 14.3. The summed E-state index contributed by atoms with van der Waals surface area (Å²) in [6.45, 7) is 6.61. The minimum absolute atomic E-state index is 0.0716. The predicted octanol–water partition coefficient (Wildman–Crippen LogP) is 21.8. The van der Waals surface area contributed by atoms with Crippen molar-refractivity contribution in [3.8, 4) is 0 Å². The lowest BCUT2D eigenvalue weighted by molar-refractivity contribution is -0.167. The van der Waals surface area contributed by atoms with Crippen molar-refractivity contribution in [3.05, 3.63) is 48.6 Å². The van der Waals surface area contributed by atoms with Crippen molar-refractivity contribution >= 4 is 17.9 Å². The molecule has 1 unspecified atom stereocenters. The summed E-state index contributed by atoms with van der Waals surface area (Å²) in [5, 5.41) is 0. The van der Waals surface area contributed by atoms with Crippen LogP contribution in [0.15, 0.2) is 48.6 Å². The summed E-state index contributed by atoms with van der Waals surface area (Å²) in [5.41, 5.74) is 0. The molecule has 0 saturated carbocycles. The predicted molar refractivity (Wildman–Crippen MR) is 316 cm³/mol. The summed E-state index contributed by atoms with van der Waals surface area (Å²) in [4.78, 5) is 38.1. The fourth-order valence-electron chi connectivity index (χ4n) is 9.43. The first kappa shape index (κ1) is 70.4. The molecule has 0 aliphatic carbocycles. The van der Waals surface area contributed by atoms with Crippen molar-refractivity contribution in [2.45, 2.75) is 348 Å². The Hall–Kier alpha value is -2.63. The monoisotopic (exact) mass is 1020 g/mol. The lowest BCUT2D eigenvalue weighted by atomic mass is 10.0. The van der Waals surface area contributed by atoms with Crippen molar-refractivity contribution in [3.63, 3.8) is 0 Å². The Bertz CT molecular complexity index is 1270. The smallest absolute Gasteiger partial charge is 0.306 e. The maximum Gasteiger partial charge on any atom is 0.306 e. The Morgan fingerprint density at radius 2 is 0.507 bits per heavy atom. The lowest BCUT2D eigenvalue weighted by Crippen LogP contribution is -2.30. The number of carbonyl (C=O) groups excluding carboxylic acids is 3. The second-order valence-electron chi connectivity index (χ2n) is 21.7. The van der Waals surface area contributed by atoms with E-state index in [-0.39, 0.29) is 31.1 Å². The van der Waals surface area contributed by atoms with Crippen LogP contribution >= 0.6 is 0 Å². The van der Waals surface area contributed by atoms with E-state index in [4.69, 9.17) is 14.2 Å². The van der Waals surface area contributed by atoms with Crippen LogP contribution in [0, 0.1) is 0 Å². The summed E-state index contributed by atoms with van der Waals surface area (Å²) >= 11 is 0. The summed E-state index contributed by atoms with van der Waals surface area (Å²) in [6, 6.07) is 0. The van der Waals surface area contributed by atoms with Crippen LogP contribution < -0.4 is 0 Å². The van der Waals surface area contributed by atoms with Crippen molar-refractivity contribution in [1.29, 1.82) is 0 Å². The van der Waals surface area contributed by atoms with Gasteiger partial charge >= 0.3 is 17.9 Å². The van der Waals surface area contributed by atoms with Gasteiger partial charge in [0.05, 0.1) is 0 Å². The molecule has 0 spiro atoms. The van der Waals surface area contributed by atoms with E-state index in [0.29, 0.717) is 19.3 Å². The molecule has 6 nitrogen and oxygen atoms in total. The average Bonchev–Trinajstić information content (AvgIpc) is 3.39. The highest BCUT2D eigenvalue weighted by Gasteiger charge is 2.19. The van der Waals surface area contributed by atoms with Crippen LogP contribution in [0.3, 0.4) is 0 Å². The zero-order chi connectivity index (χ0) is 52.9. The molecule has 6 heteroatoms. The normalized spacial score (nSPS) is 12.3. The van der Waals surface area contributed by atoms with Crippen LogP contribution in [0.1, 0.15) is 342 Å². The first-order valence-corrected chi connectivity index (χ1v) is 32.1. The number of carbonyl (C=O) groups is 3.